The van der Waals surface area contributed by atoms with Crippen LogP contribution < -0.4 is 10.5 Å². The maximum absolute atomic E-state index is 13.4. The molecule has 5 heterocycles. The van der Waals surface area contributed by atoms with Gasteiger partial charge in [0.2, 0.25) is 0 Å². The lowest BCUT2D eigenvalue weighted by Crippen LogP contribution is -2.45. The van der Waals surface area contributed by atoms with Crippen molar-refractivity contribution >= 4 is 51.7 Å². The van der Waals surface area contributed by atoms with Gasteiger partial charge in [-0.15, -0.1) is 0 Å². The maximum atomic E-state index is 13.4. The van der Waals surface area contributed by atoms with E-state index in [1.54, 1.807) is 23.2 Å². The van der Waals surface area contributed by atoms with Gasteiger partial charge in [-0.05, 0) is 38.1 Å². The summed E-state index contributed by atoms with van der Waals surface area (Å²) in [4.78, 5) is 37.9. The van der Waals surface area contributed by atoms with E-state index in [-0.39, 0.29) is 17.6 Å². The van der Waals surface area contributed by atoms with Crippen molar-refractivity contribution in [2.75, 3.05) is 51.3 Å². The highest BCUT2D eigenvalue weighted by atomic mass is 32.2. The van der Waals surface area contributed by atoms with E-state index >= 15 is 0 Å². The topological polar surface area (TPSA) is 70.4 Å². The van der Waals surface area contributed by atoms with Crippen LogP contribution in [0.25, 0.3) is 11.7 Å². The molecule has 0 aromatic carbocycles. The Morgan fingerprint density at radius 2 is 2.06 bits per heavy atom. The van der Waals surface area contributed by atoms with Crippen LogP contribution >= 0.6 is 24.0 Å². The first-order valence-electron chi connectivity index (χ1n) is 10.8. The quantitative estimate of drug-likeness (QED) is 0.494. The number of piperazine rings is 1. The van der Waals surface area contributed by atoms with E-state index in [1.807, 2.05) is 12.1 Å². The fourth-order valence-corrected chi connectivity index (χ4v) is 5.51. The number of rotatable bonds is 4. The molecule has 0 radical (unpaired) electrons. The van der Waals surface area contributed by atoms with Crippen LogP contribution in [0.3, 0.4) is 0 Å². The predicted molar refractivity (Wildman–Crippen MR) is 130 cm³/mol. The number of carbonyl (C=O) groups is 1. The van der Waals surface area contributed by atoms with Gasteiger partial charge >= 0.3 is 0 Å². The largest absolute Gasteiger partial charge is 0.376 e. The highest BCUT2D eigenvalue weighted by Gasteiger charge is 2.35. The number of amides is 1. The Hall–Kier alpha value is -2.27. The third-order valence-corrected chi connectivity index (χ3v) is 7.49. The second-order valence-electron chi connectivity index (χ2n) is 8.30. The fraction of sp³-hybridized carbons (Fsp3) is 0.455. The van der Waals surface area contributed by atoms with Gasteiger partial charge in [0, 0.05) is 39.0 Å². The highest BCUT2D eigenvalue weighted by molar-refractivity contribution is 8.26. The Kier molecular flexibility index (Phi) is 6.02. The summed E-state index contributed by atoms with van der Waals surface area (Å²) in [6, 6.07) is 5.49. The van der Waals surface area contributed by atoms with Crippen LogP contribution in [0.15, 0.2) is 34.1 Å². The number of carbonyl (C=O) groups excluding carboxylic acids is 1. The fourth-order valence-electron chi connectivity index (χ4n) is 4.26. The van der Waals surface area contributed by atoms with Gasteiger partial charge in [-0.3, -0.25) is 18.9 Å². The monoisotopic (exact) mass is 471 g/mol. The number of aromatic nitrogens is 2. The molecule has 1 atom stereocenters. The van der Waals surface area contributed by atoms with Crippen molar-refractivity contribution in [3.8, 4) is 0 Å². The van der Waals surface area contributed by atoms with Crippen molar-refractivity contribution in [3.05, 3.63) is 45.2 Å². The van der Waals surface area contributed by atoms with Gasteiger partial charge in [-0.1, -0.05) is 30.0 Å². The van der Waals surface area contributed by atoms with E-state index in [4.69, 9.17) is 21.9 Å². The van der Waals surface area contributed by atoms with Crippen molar-refractivity contribution in [3.63, 3.8) is 0 Å². The van der Waals surface area contributed by atoms with Gasteiger partial charge in [-0.25, -0.2) is 4.98 Å². The molecule has 8 nitrogen and oxygen atoms in total. The maximum Gasteiger partial charge on any atom is 0.267 e. The van der Waals surface area contributed by atoms with E-state index in [0.717, 1.165) is 45.6 Å². The molecule has 0 spiro atoms. The van der Waals surface area contributed by atoms with Gasteiger partial charge in [0.05, 0.1) is 23.1 Å². The molecule has 5 rings (SSSR count). The number of pyridine rings is 1. The average Bonchev–Trinajstić information content (AvgIpc) is 3.40. The van der Waals surface area contributed by atoms with Crippen molar-refractivity contribution in [2.24, 2.45) is 0 Å². The molecule has 3 fully saturated rings. The second kappa shape index (κ2) is 8.93. The Balaban J connectivity index is 1.54. The Morgan fingerprint density at radius 1 is 1.25 bits per heavy atom. The van der Waals surface area contributed by atoms with Crippen LogP contribution in [-0.2, 0) is 9.53 Å². The first kappa shape index (κ1) is 21.6. The van der Waals surface area contributed by atoms with E-state index in [2.05, 4.69) is 16.8 Å². The zero-order valence-electron chi connectivity index (χ0n) is 17.9. The van der Waals surface area contributed by atoms with Crippen LogP contribution in [0.4, 0.5) is 5.82 Å². The molecule has 2 aromatic heterocycles. The second-order valence-corrected chi connectivity index (χ2v) is 9.98. The molecule has 0 bridgehead atoms. The smallest absolute Gasteiger partial charge is 0.267 e. The number of hydrogen-bond donors (Lipinski definition) is 0. The molecule has 0 N–H and O–H groups in total. The summed E-state index contributed by atoms with van der Waals surface area (Å²) >= 11 is 6.72. The third kappa shape index (κ3) is 4.07. The zero-order chi connectivity index (χ0) is 22.2. The Bertz CT molecular complexity index is 1150. The summed E-state index contributed by atoms with van der Waals surface area (Å²) in [5.41, 5.74) is 0.833. The van der Waals surface area contributed by atoms with Gasteiger partial charge < -0.3 is 14.5 Å². The lowest BCUT2D eigenvalue weighted by molar-refractivity contribution is -0.123. The van der Waals surface area contributed by atoms with Crippen LogP contribution in [0.2, 0.25) is 0 Å². The third-order valence-electron chi connectivity index (χ3n) is 6.11. The predicted octanol–water partition coefficient (Wildman–Crippen LogP) is 1.83. The van der Waals surface area contributed by atoms with Gasteiger partial charge in [0.25, 0.3) is 11.5 Å². The number of hydrogen-bond acceptors (Lipinski definition) is 8. The van der Waals surface area contributed by atoms with Crippen molar-refractivity contribution in [2.45, 2.75) is 18.9 Å². The minimum absolute atomic E-state index is 0.0192. The van der Waals surface area contributed by atoms with Gasteiger partial charge in [0.15, 0.2) is 0 Å². The lowest BCUT2D eigenvalue weighted by atomic mass is 10.2. The number of thiocarbonyl (C=S) groups is 1. The number of nitrogens with zero attached hydrogens (tertiary/aromatic N) is 5. The molecular formula is C22H25N5O3S2. The molecule has 32 heavy (non-hydrogen) atoms. The number of ether oxygens (including phenoxy) is 1. The van der Waals surface area contributed by atoms with Gasteiger partial charge in [0.1, 0.15) is 15.8 Å². The molecule has 0 unspecified atom stereocenters. The average molecular weight is 472 g/mol. The number of likely N-dealkylation sites (N-methyl/N-ethyl adjacent to an activating group) is 1. The standard InChI is InChI=1S/C22H25N5O3S2/c1-24-8-10-25(11-9-24)19-16(20(28)26-7-3-2-6-18(26)23-19)13-17-21(29)27(22(31)32-17)14-15-5-4-12-30-15/h2-3,6-7,13,15H,4-5,8-12,14H2,1H3/b17-13-/t15-/m1/s1. The van der Waals surface area contributed by atoms with Crippen LogP contribution in [0, 0.1) is 0 Å². The number of fused-ring (bicyclic) bond motifs is 1. The summed E-state index contributed by atoms with van der Waals surface area (Å²) in [7, 11) is 2.08. The normalized spacial score (nSPS) is 23.8. The molecule has 3 aliphatic rings. The molecule has 168 valence electrons. The lowest BCUT2D eigenvalue weighted by Gasteiger charge is -2.34. The van der Waals surface area contributed by atoms with E-state index in [9.17, 15) is 9.59 Å². The van der Waals surface area contributed by atoms with E-state index in [0.29, 0.717) is 32.8 Å². The number of thioether (sulfide) groups is 1. The Morgan fingerprint density at radius 3 is 2.81 bits per heavy atom. The summed E-state index contributed by atoms with van der Waals surface area (Å²) in [6.07, 6.45) is 5.34. The molecule has 0 aliphatic carbocycles. The first-order valence-corrected chi connectivity index (χ1v) is 12.1. The SMILES string of the molecule is CN1CCN(c2nc3ccccn3c(=O)c2/C=C2\SC(=S)N(C[C@H]3CCCO3)C2=O)CC1. The summed E-state index contributed by atoms with van der Waals surface area (Å²) < 4.78 is 7.72. The van der Waals surface area contributed by atoms with Crippen molar-refractivity contribution in [1.29, 1.82) is 0 Å². The molecule has 3 saturated heterocycles. The highest BCUT2D eigenvalue weighted by Crippen LogP contribution is 2.34. The minimum atomic E-state index is -0.186. The number of anilines is 1. The van der Waals surface area contributed by atoms with Crippen LogP contribution in [-0.4, -0.2) is 81.9 Å². The van der Waals surface area contributed by atoms with E-state index < -0.39 is 0 Å². The minimum Gasteiger partial charge on any atom is -0.376 e. The molecule has 1 amide bonds. The summed E-state index contributed by atoms with van der Waals surface area (Å²) in [6.45, 7) is 4.50. The molecule has 0 saturated carbocycles. The summed E-state index contributed by atoms with van der Waals surface area (Å²) in [5, 5.41) is 0. The molecule has 3 aliphatic heterocycles. The van der Waals surface area contributed by atoms with Crippen molar-refractivity contribution in [1.82, 2.24) is 19.2 Å². The first-order chi connectivity index (χ1) is 15.5. The molecule has 10 heteroatoms. The molecular weight excluding hydrogens is 446 g/mol. The zero-order valence-corrected chi connectivity index (χ0v) is 19.5. The van der Waals surface area contributed by atoms with Crippen molar-refractivity contribution < 1.29 is 9.53 Å². The van der Waals surface area contributed by atoms with Gasteiger partial charge in [-0.2, -0.15) is 0 Å². The summed E-state index contributed by atoms with van der Waals surface area (Å²) in [5.74, 6) is 0.455. The Labute approximate surface area is 195 Å². The van der Waals surface area contributed by atoms with Crippen LogP contribution in [0.1, 0.15) is 18.4 Å². The molecule has 2 aromatic rings. The van der Waals surface area contributed by atoms with Crippen LogP contribution in [0.5, 0.6) is 0 Å². The van der Waals surface area contributed by atoms with E-state index in [1.165, 1.54) is 16.2 Å².